The minimum absolute atomic E-state index is 0.198. The molecule has 146 valence electrons. The number of nitrogens with one attached hydrogen (secondary N) is 1. The average Bonchev–Trinajstić information content (AvgIpc) is 3.01. The Balaban J connectivity index is 1.86. The van der Waals surface area contributed by atoms with Crippen molar-refractivity contribution in [2.75, 3.05) is 13.7 Å². The minimum Gasteiger partial charge on any atom is -0.493 e. The van der Waals surface area contributed by atoms with Gasteiger partial charge in [-0.05, 0) is 76.7 Å². The van der Waals surface area contributed by atoms with Gasteiger partial charge in [-0.3, -0.25) is 4.79 Å². The van der Waals surface area contributed by atoms with E-state index in [0.717, 1.165) is 21.3 Å². The lowest BCUT2D eigenvalue weighted by molar-refractivity contribution is -0.115. The van der Waals surface area contributed by atoms with E-state index in [1.165, 1.54) is 11.8 Å². The molecule has 2 aromatic carbocycles. The highest BCUT2D eigenvalue weighted by Gasteiger charge is 2.24. The van der Waals surface area contributed by atoms with E-state index in [0.29, 0.717) is 33.1 Å². The molecule has 0 aliphatic carbocycles. The smallest absolute Gasteiger partial charge is 0.264 e. The van der Waals surface area contributed by atoms with Gasteiger partial charge >= 0.3 is 0 Å². The van der Waals surface area contributed by atoms with Gasteiger partial charge in [-0.1, -0.05) is 30.7 Å². The number of aliphatic imine (C=N–C) groups is 1. The van der Waals surface area contributed by atoms with Crippen LogP contribution in [0.2, 0.25) is 5.02 Å². The first-order chi connectivity index (χ1) is 13.5. The van der Waals surface area contributed by atoms with Crippen LogP contribution in [0.25, 0.3) is 6.08 Å². The van der Waals surface area contributed by atoms with Crippen molar-refractivity contribution in [1.29, 1.82) is 0 Å². The molecule has 0 atom stereocenters. The number of carbonyl (C=O) groups is 1. The maximum Gasteiger partial charge on any atom is 0.264 e. The lowest BCUT2D eigenvalue weighted by atomic mass is 10.2. The van der Waals surface area contributed by atoms with Crippen LogP contribution in [0.5, 0.6) is 11.5 Å². The van der Waals surface area contributed by atoms with Crippen molar-refractivity contribution in [2.45, 2.75) is 13.3 Å². The summed E-state index contributed by atoms with van der Waals surface area (Å²) in [7, 11) is 1.60. The molecular weight excluding hydrogens is 511 g/mol. The van der Waals surface area contributed by atoms with E-state index >= 15 is 0 Å². The molecule has 1 N–H and O–H groups in total. The molecule has 28 heavy (non-hydrogen) atoms. The summed E-state index contributed by atoms with van der Waals surface area (Å²) in [6.45, 7) is 2.67. The first kappa shape index (κ1) is 21.0. The van der Waals surface area contributed by atoms with Crippen molar-refractivity contribution in [3.05, 3.63) is 55.5 Å². The van der Waals surface area contributed by atoms with Crippen molar-refractivity contribution in [3.63, 3.8) is 0 Å². The predicted octanol–water partition coefficient (Wildman–Crippen LogP) is 5.63. The van der Waals surface area contributed by atoms with Crippen LogP contribution in [0.15, 0.2) is 46.3 Å². The number of nitrogens with zero attached hydrogens (tertiary/aromatic N) is 1. The van der Waals surface area contributed by atoms with E-state index in [4.69, 9.17) is 21.1 Å². The molecule has 3 rings (SSSR count). The second kappa shape index (κ2) is 9.67. The number of hydrogen-bond acceptors (Lipinski definition) is 5. The monoisotopic (exact) mass is 528 g/mol. The summed E-state index contributed by atoms with van der Waals surface area (Å²) in [6, 6.07) is 11.1. The molecule has 1 saturated heterocycles. The van der Waals surface area contributed by atoms with Crippen LogP contribution in [0, 0.1) is 3.57 Å². The zero-order valence-electron chi connectivity index (χ0n) is 15.3. The summed E-state index contributed by atoms with van der Waals surface area (Å²) in [6.07, 6.45) is 2.72. The van der Waals surface area contributed by atoms with Crippen LogP contribution >= 0.6 is 46.0 Å². The third kappa shape index (κ3) is 5.01. The zero-order chi connectivity index (χ0) is 20.1. The number of amides is 1. The van der Waals surface area contributed by atoms with E-state index in [1.807, 2.05) is 30.3 Å². The third-order valence-corrected chi connectivity index (χ3v) is 5.76. The Kier molecular flexibility index (Phi) is 7.25. The number of hydrogen-bond donors (Lipinski definition) is 1. The molecule has 0 unspecified atom stereocenters. The molecule has 0 spiro atoms. The first-order valence-electron chi connectivity index (χ1n) is 8.56. The SMILES string of the molecule is CCCOc1c(I)cc(/C=C2/SC(=Nc3ccccc3Cl)NC2=O)cc1OC. The summed E-state index contributed by atoms with van der Waals surface area (Å²) in [4.78, 5) is 17.3. The van der Waals surface area contributed by atoms with Crippen LogP contribution in [-0.2, 0) is 4.79 Å². The van der Waals surface area contributed by atoms with Crippen molar-refractivity contribution in [1.82, 2.24) is 5.32 Å². The topological polar surface area (TPSA) is 59.9 Å². The Morgan fingerprint density at radius 2 is 2.11 bits per heavy atom. The van der Waals surface area contributed by atoms with Crippen LogP contribution in [-0.4, -0.2) is 24.8 Å². The van der Waals surface area contributed by atoms with Crippen molar-refractivity contribution < 1.29 is 14.3 Å². The van der Waals surface area contributed by atoms with Crippen LogP contribution < -0.4 is 14.8 Å². The van der Waals surface area contributed by atoms with Crippen LogP contribution in [0.1, 0.15) is 18.9 Å². The predicted molar refractivity (Wildman–Crippen MR) is 124 cm³/mol. The van der Waals surface area contributed by atoms with Crippen molar-refractivity contribution in [3.8, 4) is 11.5 Å². The summed E-state index contributed by atoms with van der Waals surface area (Å²) < 4.78 is 12.2. The quantitative estimate of drug-likeness (QED) is 0.390. The van der Waals surface area contributed by atoms with Gasteiger partial charge in [0.15, 0.2) is 16.7 Å². The number of methoxy groups -OCH3 is 1. The molecule has 1 amide bonds. The highest BCUT2D eigenvalue weighted by Crippen LogP contribution is 2.36. The number of rotatable bonds is 6. The Labute approximate surface area is 186 Å². The standard InChI is InChI=1S/C20H18ClIN2O3S/c1-3-8-27-18-14(22)9-12(10-16(18)26-2)11-17-19(25)24-20(28-17)23-15-7-5-4-6-13(15)21/h4-7,9-11H,3,8H2,1-2H3,(H,23,24,25)/b17-11+. The van der Waals surface area contributed by atoms with Gasteiger partial charge in [-0.25, -0.2) is 4.99 Å². The van der Waals surface area contributed by atoms with E-state index < -0.39 is 0 Å². The number of benzene rings is 2. The molecule has 1 aliphatic heterocycles. The molecule has 8 heteroatoms. The zero-order valence-corrected chi connectivity index (χ0v) is 19.0. The first-order valence-corrected chi connectivity index (χ1v) is 10.8. The number of carbonyl (C=O) groups excluding carboxylic acids is 1. The van der Waals surface area contributed by atoms with Gasteiger partial charge in [0, 0.05) is 0 Å². The number of ether oxygens (including phenoxy) is 2. The maximum atomic E-state index is 12.3. The van der Waals surface area contributed by atoms with E-state index in [9.17, 15) is 4.79 Å². The van der Waals surface area contributed by atoms with Crippen LogP contribution in [0.4, 0.5) is 5.69 Å². The van der Waals surface area contributed by atoms with Gasteiger partial charge in [-0.2, -0.15) is 0 Å². The summed E-state index contributed by atoms with van der Waals surface area (Å²) in [5.41, 5.74) is 1.46. The maximum absolute atomic E-state index is 12.3. The molecule has 5 nitrogen and oxygen atoms in total. The minimum atomic E-state index is -0.198. The fourth-order valence-electron chi connectivity index (χ4n) is 2.45. The van der Waals surface area contributed by atoms with Gasteiger partial charge in [0.05, 0.1) is 32.9 Å². The highest BCUT2D eigenvalue weighted by atomic mass is 127. The van der Waals surface area contributed by atoms with E-state index in [1.54, 1.807) is 19.2 Å². The third-order valence-electron chi connectivity index (χ3n) is 3.73. The number of halogens is 2. The Hall–Kier alpha value is -1.71. The molecule has 0 radical (unpaired) electrons. The molecule has 0 aromatic heterocycles. The second-order valence-corrected chi connectivity index (χ2v) is 8.42. The summed E-state index contributed by atoms with van der Waals surface area (Å²) >= 11 is 9.62. The molecule has 0 bridgehead atoms. The highest BCUT2D eigenvalue weighted by molar-refractivity contribution is 14.1. The van der Waals surface area contributed by atoms with Gasteiger partial charge in [0.25, 0.3) is 5.91 Å². The lowest BCUT2D eigenvalue weighted by Crippen LogP contribution is -2.19. The molecular formula is C20H18ClIN2O3S. The van der Waals surface area contributed by atoms with Gasteiger partial charge < -0.3 is 14.8 Å². The molecule has 1 aliphatic rings. The summed E-state index contributed by atoms with van der Waals surface area (Å²) in [5.74, 6) is 1.16. The largest absolute Gasteiger partial charge is 0.493 e. The Bertz CT molecular complexity index is 962. The fraction of sp³-hybridized carbons (Fsp3) is 0.200. The number of thioether (sulfide) groups is 1. The van der Waals surface area contributed by atoms with Crippen molar-refractivity contribution >= 4 is 68.8 Å². The van der Waals surface area contributed by atoms with Crippen molar-refractivity contribution in [2.24, 2.45) is 4.99 Å². The number of para-hydroxylation sites is 1. The van der Waals surface area contributed by atoms with E-state index in [-0.39, 0.29) is 5.91 Å². The second-order valence-electron chi connectivity index (χ2n) is 5.82. The normalized spacial score (nSPS) is 16.5. The lowest BCUT2D eigenvalue weighted by Gasteiger charge is -2.13. The summed E-state index contributed by atoms with van der Waals surface area (Å²) in [5, 5.41) is 3.80. The average molecular weight is 529 g/mol. The van der Waals surface area contributed by atoms with Crippen LogP contribution in [0.3, 0.4) is 0 Å². The molecule has 1 fully saturated rings. The number of amidine groups is 1. The fourth-order valence-corrected chi connectivity index (χ4v) is 4.24. The molecule has 1 heterocycles. The van der Waals surface area contributed by atoms with Gasteiger partial charge in [0.1, 0.15) is 0 Å². The molecule has 0 saturated carbocycles. The van der Waals surface area contributed by atoms with Gasteiger partial charge in [0.2, 0.25) is 0 Å². The molecule has 2 aromatic rings. The Morgan fingerprint density at radius 3 is 2.82 bits per heavy atom. The Morgan fingerprint density at radius 1 is 1.32 bits per heavy atom. The van der Waals surface area contributed by atoms with E-state index in [2.05, 4.69) is 39.8 Å². The van der Waals surface area contributed by atoms with Gasteiger partial charge in [-0.15, -0.1) is 0 Å².